The molecule has 1 aromatic rings. The van der Waals surface area contributed by atoms with Gasteiger partial charge in [-0.2, -0.15) is 5.10 Å². The predicted molar refractivity (Wildman–Crippen MR) is 84.7 cm³/mol. The Morgan fingerprint density at radius 1 is 1.27 bits per heavy atom. The monoisotopic (exact) mass is 309 g/mol. The van der Waals surface area contributed by atoms with Crippen LogP contribution < -0.4 is 5.32 Å². The topological polar surface area (TPSA) is 84.2 Å². The van der Waals surface area contributed by atoms with Crippen molar-refractivity contribution in [2.75, 3.05) is 0 Å². The summed E-state index contributed by atoms with van der Waals surface area (Å²) < 4.78 is 1.83. The molecule has 0 aliphatic heterocycles. The number of carboxylic acid groups (broad SMARTS) is 1. The van der Waals surface area contributed by atoms with E-state index in [1.54, 1.807) is 0 Å². The number of aryl methyl sites for hydroxylation is 2. The van der Waals surface area contributed by atoms with Gasteiger partial charge < -0.3 is 10.4 Å². The summed E-state index contributed by atoms with van der Waals surface area (Å²) in [6.07, 6.45) is 0.926. The molecule has 0 saturated heterocycles. The fourth-order valence-corrected chi connectivity index (χ4v) is 2.48. The Morgan fingerprint density at radius 2 is 1.91 bits per heavy atom. The maximum absolute atomic E-state index is 12.0. The van der Waals surface area contributed by atoms with Crippen molar-refractivity contribution in [3.8, 4) is 0 Å². The minimum absolute atomic E-state index is 0.0388. The van der Waals surface area contributed by atoms with Gasteiger partial charge in [-0.15, -0.1) is 0 Å². The van der Waals surface area contributed by atoms with Gasteiger partial charge in [0, 0.05) is 24.7 Å². The smallest absolute Gasteiger partial charge is 0.305 e. The van der Waals surface area contributed by atoms with Crippen LogP contribution in [0.3, 0.4) is 0 Å². The third-order valence-electron chi connectivity index (χ3n) is 3.84. The Labute approximate surface area is 131 Å². The summed E-state index contributed by atoms with van der Waals surface area (Å²) in [5.74, 6) is -0.680. The summed E-state index contributed by atoms with van der Waals surface area (Å²) in [4.78, 5) is 22.9. The summed E-state index contributed by atoms with van der Waals surface area (Å²) in [5.41, 5.74) is 3.18. The molecular formula is C16H27N3O3. The van der Waals surface area contributed by atoms with E-state index in [1.807, 2.05) is 39.3 Å². The molecule has 0 fully saturated rings. The van der Waals surface area contributed by atoms with Gasteiger partial charge in [-0.05, 0) is 38.7 Å². The lowest BCUT2D eigenvalue weighted by Gasteiger charge is -2.19. The standard InChI is InChI=1S/C16H27N3O3/c1-10(2)8-14(9-16(21)22)17-15(20)6-7-19-13(5)11(3)12(4)18-19/h10,14H,6-9H2,1-5H3,(H,17,20)(H,21,22)/t14-/m1/s1. The molecule has 6 heteroatoms. The van der Waals surface area contributed by atoms with Gasteiger partial charge in [0.15, 0.2) is 0 Å². The number of carbonyl (C=O) groups is 2. The molecule has 0 saturated carbocycles. The molecule has 0 aliphatic rings. The first-order valence-electron chi connectivity index (χ1n) is 7.72. The van der Waals surface area contributed by atoms with Gasteiger partial charge in [-0.25, -0.2) is 0 Å². The zero-order valence-corrected chi connectivity index (χ0v) is 14.1. The van der Waals surface area contributed by atoms with Crippen molar-refractivity contribution in [3.63, 3.8) is 0 Å². The molecule has 0 unspecified atom stereocenters. The number of rotatable bonds is 8. The average Bonchev–Trinajstić information content (AvgIpc) is 2.62. The molecule has 2 N–H and O–H groups in total. The van der Waals surface area contributed by atoms with Gasteiger partial charge in [-0.3, -0.25) is 14.3 Å². The Morgan fingerprint density at radius 3 is 2.36 bits per heavy atom. The van der Waals surface area contributed by atoms with Crippen molar-refractivity contribution in [2.45, 2.75) is 66.5 Å². The third-order valence-corrected chi connectivity index (χ3v) is 3.84. The molecular weight excluding hydrogens is 282 g/mol. The van der Waals surface area contributed by atoms with E-state index in [4.69, 9.17) is 5.11 Å². The second-order valence-electron chi connectivity index (χ2n) is 6.26. The number of carbonyl (C=O) groups excluding carboxylic acids is 1. The molecule has 6 nitrogen and oxygen atoms in total. The number of nitrogens with one attached hydrogen (secondary N) is 1. The number of amides is 1. The van der Waals surface area contributed by atoms with Crippen molar-refractivity contribution in [2.24, 2.45) is 5.92 Å². The summed E-state index contributed by atoms with van der Waals surface area (Å²) in [5, 5.41) is 16.2. The normalized spacial score (nSPS) is 12.5. The molecule has 0 radical (unpaired) electrons. The van der Waals surface area contributed by atoms with Crippen LogP contribution in [0.5, 0.6) is 0 Å². The van der Waals surface area contributed by atoms with Crippen molar-refractivity contribution in [1.29, 1.82) is 0 Å². The number of hydrogen-bond donors (Lipinski definition) is 2. The fourth-order valence-electron chi connectivity index (χ4n) is 2.48. The van der Waals surface area contributed by atoms with Crippen molar-refractivity contribution in [1.82, 2.24) is 15.1 Å². The molecule has 1 amide bonds. The van der Waals surface area contributed by atoms with Crippen LogP contribution >= 0.6 is 0 Å². The Hall–Kier alpha value is -1.85. The second-order valence-corrected chi connectivity index (χ2v) is 6.26. The van der Waals surface area contributed by atoms with Crippen LogP contribution in [0.1, 0.15) is 50.1 Å². The molecule has 124 valence electrons. The summed E-state index contributed by atoms with van der Waals surface area (Å²) in [6.45, 7) is 10.5. The Bertz CT molecular complexity index is 535. The maximum Gasteiger partial charge on any atom is 0.305 e. The molecule has 1 aromatic heterocycles. The lowest BCUT2D eigenvalue weighted by Crippen LogP contribution is -2.37. The van der Waals surface area contributed by atoms with Gasteiger partial charge in [0.2, 0.25) is 5.91 Å². The van der Waals surface area contributed by atoms with Crippen LogP contribution in [-0.4, -0.2) is 32.8 Å². The van der Waals surface area contributed by atoms with Crippen molar-refractivity contribution >= 4 is 11.9 Å². The lowest BCUT2D eigenvalue weighted by atomic mass is 10.0. The van der Waals surface area contributed by atoms with Crippen LogP contribution in [-0.2, 0) is 16.1 Å². The van der Waals surface area contributed by atoms with Crippen LogP contribution in [0.2, 0.25) is 0 Å². The fraction of sp³-hybridized carbons (Fsp3) is 0.688. The SMILES string of the molecule is Cc1nn(CCC(=O)N[C@@H](CC(=O)O)CC(C)C)c(C)c1C. The minimum atomic E-state index is -0.889. The first kappa shape index (κ1) is 18.2. The van der Waals surface area contributed by atoms with E-state index in [9.17, 15) is 9.59 Å². The number of carboxylic acids is 1. The van der Waals surface area contributed by atoms with E-state index in [2.05, 4.69) is 10.4 Å². The van der Waals surface area contributed by atoms with Crippen LogP contribution in [0, 0.1) is 26.7 Å². The highest BCUT2D eigenvalue weighted by Crippen LogP contribution is 2.12. The summed E-state index contributed by atoms with van der Waals surface area (Å²) in [7, 11) is 0. The molecule has 0 aliphatic carbocycles. The number of aliphatic carboxylic acids is 1. The molecule has 22 heavy (non-hydrogen) atoms. The number of aromatic nitrogens is 2. The van der Waals surface area contributed by atoms with Crippen LogP contribution in [0.15, 0.2) is 0 Å². The number of nitrogens with zero attached hydrogens (tertiary/aromatic N) is 2. The first-order chi connectivity index (χ1) is 10.2. The largest absolute Gasteiger partial charge is 0.481 e. The highest BCUT2D eigenvalue weighted by atomic mass is 16.4. The van der Waals surface area contributed by atoms with Gasteiger partial charge in [0.05, 0.1) is 12.1 Å². The number of hydrogen-bond acceptors (Lipinski definition) is 3. The summed E-state index contributed by atoms with van der Waals surface area (Å²) >= 11 is 0. The lowest BCUT2D eigenvalue weighted by molar-refractivity contribution is -0.137. The zero-order valence-electron chi connectivity index (χ0n) is 14.1. The molecule has 1 atom stereocenters. The maximum atomic E-state index is 12.0. The van der Waals surface area contributed by atoms with E-state index < -0.39 is 5.97 Å². The zero-order chi connectivity index (χ0) is 16.9. The highest BCUT2D eigenvalue weighted by molar-refractivity contribution is 5.77. The van der Waals surface area contributed by atoms with E-state index in [0.717, 1.165) is 17.0 Å². The molecule has 0 aromatic carbocycles. The molecule has 1 heterocycles. The second kappa shape index (κ2) is 7.96. The average molecular weight is 309 g/mol. The van der Waals surface area contributed by atoms with Crippen LogP contribution in [0.4, 0.5) is 0 Å². The molecule has 0 spiro atoms. The van der Waals surface area contributed by atoms with Gasteiger partial charge in [0.1, 0.15) is 0 Å². The Balaban J connectivity index is 2.56. The Kier molecular flexibility index (Phi) is 6.59. The van der Waals surface area contributed by atoms with E-state index in [-0.39, 0.29) is 18.4 Å². The van der Waals surface area contributed by atoms with E-state index in [0.29, 0.717) is 25.3 Å². The van der Waals surface area contributed by atoms with Gasteiger partial charge in [-0.1, -0.05) is 13.8 Å². The summed E-state index contributed by atoms with van der Waals surface area (Å²) in [6, 6.07) is -0.313. The first-order valence-corrected chi connectivity index (χ1v) is 7.72. The predicted octanol–water partition coefficient (Wildman–Crippen LogP) is 2.20. The quantitative estimate of drug-likeness (QED) is 0.771. The van der Waals surface area contributed by atoms with Crippen molar-refractivity contribution in [3.05, 3.63) is 17.0 Å². The highest BCUT2D eigenvalue weighted by Gasteiger charge is 2.17. The molecule has 1 rings (SSSR count). The minimum Gasteiger partial charge on any atom is -0.481 e. The van der Waals surface area contributed by atoms with Gasteiger partial charge >= 0.3 is 5.97 Å². The van der Waals surface area contributed by atoms with E-state index >= 15 is 0 Å². The van der Waals surface area contributed by atoms with Gasteiger partial charge in [0.25, 0.3) is 0 Å². The van der Waals surface area contributed by atoms with E-state index in [1.165, 1.54) is 0 Å². The van der Waals surface area contributed by atoms with Crippen LogP contribution in [0.25, 0.3) is 0 Å². The molecule has 0 bridgehead atoms. The van der Waals surface area contributed by atoms with Crippen molar-refractivity contribution < 1.29 is 14.7 Å². The third kappa shape index (κ3) is 5.50.